The van der Waals surface area contributed by atoms with E-state index in [1.807, 2.05) is 6.92 Å². The number of hydrogen-bond donors (Lipinski definition) is 1. The van der Waals surface area contributed by atoms with Gasteiger partial charge in [-0.3, -0.25) is 9.48 Å². The first-order valence-corrected chi connectivity index (χ1v) is 6.25. The van der Waals surface area contributed by atoms with Crippen molar-refractivity contribution < 1.29 is 18.0 Å². The molecule has 4 nitrogen and oxygen atoms in total. The maximum Gasteiger partial charge on any atom is 0.251 e. The molecule has 0 aliphatic rings. The van der Waals surface area contributed by atoms with Crippen molar-refractivity contribution in [2.75, 3.05) is 0 Å². The van der Waals surface area contributed by atoms with Crippen molar-refractivity contribution in [3.63, 3.8) is 0 Å². The maximum atomic E-state index is 13.1. The summed E-state index contributed by atoms with van der Waals surface area (Å²) in [6, 6.07) is 0.926. The van der Waals surface area contributed by atoms with Crippen molar-refractivity contribution in [2.45, 2.75) is 19.9 Å². The molecule has 0 radical (unpaired) electrons. The lowest BCUT2D eigenvalue weighted by Crippen LogP contribution is -2.27. The van der Waals surface area contributed by atoms with Gasteiger partial charge in [-0.1, -0.05) is 0 Å². The zero-order chi connectivity index (χ0) is 15.7. The van der Waals surface area contributed by atoms with Gasteiger partial charge in [-0.2, -0.15) is 5.10 Å². The number of benzene rings is 1. The normalized spacial score (nSPS) is 12.3. The molecule has 0 aliphatic carbocycles. The summed E-state index contributed by atoms with van der Waals surface area (Å²) >= 11 is 0. The summed E-state index contributed by atoms with van der Waals surface area (Å²) in [7, 11) is 1.76. The third-order valence-electron chi connectivity index (χ3n) is 3.33. The molecule has 21 heavy (non-hydrogen) atoms. The van der Waals surface area contributed by atoms with Gasteiger partial charge in [0.15, 0.2) is 17.5 Å². The molecule has 0 saturated heterocycles. The van der Waals surface area contributed by atoms with Crippen LogP contribution in [0.15, 0.2) is 18.3 Å². The number of carbonyl (C=O) groups excluding carboxylic acids is 1. The highest BCUT2D eigenvalue weighted by Crippen LogP contribution is 2.18. The summed E-state index contributed by atoms with van der Waals surface area (Å²) < 4.78 is 40.8. The van der Waals surface area contributed by atoms with Crippen molar-refractivity contribution in [3.8, 4) is 0 Å². The maximum absolute atomic E-state index is 13.1. The SMILES string of the molecule is Cc1c(C(C)NC(=O)c2cc(F)c(F)c(F)c2)cnn1C. The van der Waals surface area contributed by atoms with Gasteiger partial charge in [0, 0.05) is 23.9 Å². The van der Waals surface area contributed by atoms with E-state index < -0.39 is 29.4 Å². The highest BCUT2D eigenvalue weighted by Gasteiger charge is 2.18. The number of nitrogens with one attached hydrogen (secondary N) is 1. The zero-order valence-electron chi connectivity index (χ0n) is 11.7. The fourth-order valence-electron chi connectivity index (χ4n) is 1.99. The van der Waals surface area contributed by atoms with Crippen molar-refractivity contribution in [3.05, 3.63) is 52.6 Å². The Labute approximate surface area is 119 Å². The molecule has 1 aromatic heterocycles. The molecule has 1 amide bonds. The molecule has 0 spiro atoms. The molecule has 1 unspecified atom stereocenters. The fourth-order valence-corrected chi connectivity index (χ4v) is 1.99. The summed E-state index contributed by atoms with van der Waals surface area (Å²) in [6.07, 6.45) is 1.60. The van der Waals surface area contributed by atoms with Crippen molar-refractivity contribution >= 4 is 5.91 Å². The number of amides is 1. The van der Waals surface area contributed by atoms with Crippen LogP contribution in [0.1, 0.15) is 34.6 Å². The molecule has 0 aliphatic heterocycles. The standard InChI is InChI=1S/C14H14F3N3O/c1-7(10-6-18-20(3)8(10)2)19-14(21)9-4-11(15)13(17)12(16)5-9/h4-7H,1-3H3,(H,19,21). The molecule has 0 fully saturated rings. The van der Waals surface area contributed by atoms with Crippen LogP contribution in [0, 0.1) is 24.4 Å². The minimum absolute atomic E-state index is 0.278. The van der Waals surface area contributed by atoms with Crippen LogP contribution >= 0.6 is 0 Å². The number of nitrogens with zero attached hydrogens (tertiary/aromatic N) is 2. The Morgan fingerprint density at radius 3 is 2.33 bits per heavy atom. The van der Waals surface area contributed by atoms with Crippen LogP contribution in [0.2, 0.25) is 0 Å². The fraction of sp³-hybridized carbons (Fsp3) is 0.286. The van der Waals surface area contributed by atoms with E-state index in [2.05, 4.69) is 10.4 Å². The lowest BCUT2D eigenvalue weighted by Gasteiger charge is -2.14. The van der Waals surface area contributed by atoms with Crippen LogP contribution in [-0.2, 0) is 7.05 Å². The van der Waals surface area contributed by atoms with Crippen LogP contribution in [0.4, 0.5) is 13.2 Å². The Morgan fingerprint density at radius 2 is 1.86 bits per heavy atom. The van der Waals surface area contributed by atoms with Crippen molar-refractivity contribution in [1.82, 2.24) is 15.1 Å². The molecule has 1 atom stereocenters. The summed E-state index contributed by atoms with van der Waals surface area (Å²) in [6.45, 7) is 3.56. The van der Waals surface area contributed by atoms with Crippen LogP contribution in [0.5, 0.6) is 0 Å². The van der Waals surface area contributed by atoms with Gasteiger partial charge in [0.2, 0.25) is 0 Å². The first kappa shape index (κ1) is 15.1. The minimum atomic E-state index is -1.59. The summed E-state index contributed by atoms with van der Waals surface area (Å²) in [5.41, 5.74) is 1.37. The minimum Gasteiger partial charge on any atom is -0.345 e. The van der Waals surface area contributed by atoms with Gasteiger partial charge in [-0.05, 0) is 26.0 Å². The lowest BCUT2D eigenvalue weighted by molar-refractivity contribution is 0.0938. The van der Waals surface area contributed by atoms with E-state index in [0.29, 0.717) is 12.1 Å². The Bertz CT molecular complexity index is 674. The topological polar surface area (TPSA) is 46.9 Å². The van der Waals surface area contributed by atoms with Gasteiger partial charge in [0.25, 0.3) is 5.91 Å². The van der Waals surface area contributed by atoms with Gasteiger partial charge in [0.1, 0.15) is 0 Å². The second-order valence-electron chi connectivity index (χ2n) is 4.76. The van der Waals surface area contributed by atoms with Gasteiger partial charge in [-0.25, -0.2) is 13.2 Å². The molecule has 1 N–H and O–H groups in total. The second-order valence-corrected chi connectivity index (χ2v) is 4.76. The molecule has 112 valence electrons. The van der Waals surface area contributed by atoms with Crippen molar-refractivity contribution in [1.29, 1.82) is 0 Å². The van der Waals surface area contributed by atoms with Crippen LogP contribution < -0.4 is 5.32 Å². The van der Waals surface area contributed by atoms with Crippen molar-refractivity contribution in [2.24, 2.45) is 7.05 Å². The number of aryl methyl sites for hydroxylation is 1. The Morgan fingerprint density at radius 1 is 1.29 bits per heavy atom. The summed E-state index contributed by atoms with van der Waals surface area (Å²) in [5.74, 6) is -5.08. The highest BCUT2D eigenvalue weighted by atomic mass is 19.2. The molecule has 1 heterocycles. The quantitative estimate of drug-likeness (QED) is 0.885. The van der Waals surface area contributed by atoms with E-state index >= 15 is 0 Å². The van der Waals surface area contributed by atoms with E-state index in [1.54, 1.807) is 24.9 Å². The monoisotopic (exact) mass is 297 g/mol. The lowest BCUT2D eigenvalue weighted by atomic mass is 10.1. The Balaban J connectivity index is 2.20. The molecule has 0 saturated carbocycles. The average Bonchev–Trinajstić information content (AvgIpc) is 2.75. The molecule has 0 bridgehead atoms. The van der Waals surface area contributed by atoms with Crippen LogP contribution in [0.3, 0.4) is 0 Å². The number of halogens is 3. The van der Waals surface area contributed by atoms with E-state index in [-0.39, 0.29) is 5.56 Å². The molecule has 1 aromatic carbocycles. The predicted octanol–water partition coefficient (Wildman–Crippen LogP) is 2.64. The van der Waals surface area contributed by atoms with Gasteiger partial charge in [0.05, 0.1) is 12.2 Å². The van der Waals surface area contributed by atoms with Gasteiger partial charge >= 0.3 is 0 Å². The van der Waals surface area contributed by atoms with Crippen LogP contribution in [-0.4, -0.2) is 15.7 Å². The third-order valence-corrected chi connectivity index (χ3v) is 3.33. The van der Waals surface area contributed by atoms with E-state index in [1.165, 1.54) is 0 Å². The Kier molecular flexibility index (Phi) is 4.02. The third kappa shape index (κ3) is 2.91. The van der Waals surface area contributed by atoms with Gasteiger partial charge in [-0.15, -0.1) is 0 Å². The highest BCUT2D eigenvalue weighted by molar-refractivity contribution is 5.94. The number of hydrogen-bond acceptors (Lipinski definition) is 2. The number of rotatable bonds is 3. The van der Waals surface area contributed by atoms with E-state index in [9.17, 15) is 18.0 Å². The predicted molar refractivity (Wildman–Crippen MR) is 70.1 cm³/mol. The largest absolute Gasteiger partial charge is 0.345 e. The molecule has 2 aromatic rings. The van der Waals surface area contributed by atoms with Gasteiger partial charge < -0.3 is 5.32 Å². The molecular weight excluding hydrogens is 283 g/mol. The molecule has 7 heteroatoms. The summed E-state index contributed by atoms with van der Waals surface area (Å²) in [4.78, 5) is 12.0. The molecular formula is C14H14F3N3O. The number of carbonyl (C=O) groups is 1. The average molecular weight is 297 g/mol. The smallest absolute Gasteiger partial charge is 0.251 e. The Hall–Kier alpha value is -2.31. The molecule has 2 rings (SSSR count). The first-order chi connectivity index (χ1) is 9.81. The van der Waals surface area contributed by atoms with E-state index in [4.69, 9.17) is 0 Å². The first-order valence-electron chi connectivity index (χ1n) is 6.25. The van der Waals surface area contributed by atoms with Crippen LogP contribution in [0.25, 0.3) is 0 Å². The number of aromatic nitrogens is 2. The summed E-state index contributed by atoms with van der Waals surface area (Å²) in [5, 5.41) is 6.65. The second kappa shape index (κ2) is 5.59. The zero-order valence-corrected chi connectivity index (χ0v) is 11.7. The van der Waals surface area contributed by atoms with E-state index in [0.717, 1.165) is 11.3 Å².